The lowest BCUT2D eigenvalue weighted by Crippen LogP contribution is -2.57. The Kier molecular flexibility index (Phi) is 9.99. The number of nitrogens with one attached hydrogen (secondary N) is 1. The minimum atomic E-state index is -3.37. The van der Waals surface area contributed by atoms with E-state index in [0.29, 0.717) is 24.1 Å². The summed E-state index contributed by atoms with van der Waals surface area (Å²) in [4.78, 5) is 51.0. The van der Waals surface area contributed by atoms with Crippen molar-refractivity contribution in [3.05, 3.63) is 23.9 Å². The molecule has 1 aromatic carbocycles. The van der Waals surface area contributed by atoms with E-state index in [2.05, 4.69) is 15.3 Å². The summed E-state index contributed by atoms with van der Waals surface area (Å²) in [6.07, 6.45) is 1.62. The van der Waals surface area contributed by atoms with Crippen molar-refractivity contribution in [1.82, 2.24) is 20.2 Å². The third-order valence-corrected chi connectivity index (χ3v) is 10.1. The number of Topliss-reactive ketones (excluding diaryl/α,β-unsaturated/α-hetero) is 1. The summed E-state index contributed by atoms with van der Waals surface area (Å²) in [6.45, 7) is 10.6. The molecule has 2 fully saturated rings. The minimum absolute atomic E-state index is 0.0115. The van der Waals surface area contributed by atoms with E-state index >= 15 is 8.78 Å². The lowest BCUT2D eigenvalue weighted by molar-refractivity contribution is -0.141. The maximum atomic E-state index is 16.1. The monoisotopic (exact) mass is 658 g/mol. The van der Waals surface area contributed by atoms with Gasteiger partial charge in [-0.2, -0.15) is 8.78 Å². The number of ketones is 1. The lowest BCUT2D eigenvalue weighted by atomic mass is 9.77. The van der Waals surface area contributed by atoms with Crippen LogP contribution in [0.25, 0.3) is 11.0 Å². The lowest BCUT2D eigenvalue weighted by Gasteiger charge is -2.38. The summed E-state index contributed by atoms with van der Waals surface area (Å²) < 4.78 is 49.9. The second-order valence-electron chi connectivity index (χ2n) is 14.7. The van der Waals surface area contributed by atoms with Gasteiger partial charge in [0.2, 0.25) is 11.8 Å². The van der Waals surface area contributed by atoms with Crippen LogP contribution in [0.4, 0.5) is 13.6 Å². The molecule has 12 heteroatoms. The summed E-state index contributed by atoms with van der Waals surface area (Å²) in [5.41, 5.74) is -0.723. The smallest absolute Gasteiger partial charge is 0.408 e. The molecule has 3 heterocycles. The molecule has 7 atom stereocenters. The molecule has 1 N–H and O–H groups in total. The summed E-state index contributed by atoms with van der Waals surface area (Å²) in [7, 11) is 1.50. The number of fused-ring (bicyclic) bond motifs is 5. The SMILES string of the molecule is COc1ccc2nc3c(nc2c1)O[C@H]1CN(C(=O)[C@H](C(C)(C)C)NC(=O)O[C@H]2[C@H](CCCCC3(F)F)CCC[C@H]2C)[C@H](C(C)=O)[C@@H]1C. The highest BCUT2D eigenvalue weighted by Gasteiger charge is 2.50. The van der Waals surface area contributed by atoms with E-state index < -0.39 is 65.7 Å². The number of carbonyl (C=O) groups excluding carboxylic acids is 3. The van der Waals surface area contributed by atoms with Crippen LogP contribution in [-0.2, 0) is 20.2 Å². The molecule has 5 rings (SSSR count). The highest BCUT2D eigenvalue weighted by molar-refractivity contribution is 5.92. The normalized spacial score (nSPS) is 30.6. The van der Waals surface area contributed by atoms with E-state index in [-0.39, 0.29) is 42.0 Å². The fourth-order valence-electron chi connectivity index (χ4n) is 7.51. The molecule has 1 aromatic heterocycles. The van der Waals surface area contributed by atoms with Gasteiger partial charge in [0.25, 0.3) is 5.92 Å². The van der Waals surface area contributed by atoms with Crippen LogP contribution in [0.15, 0.2) is 18.2 Å². The van der Waals surface area contributed by atoms with E-state index in [1.807, 2.05) is 27.7 Å². The van der Waals surface area contributed by atoms with Crippen molar-refractivity contribution in [2.75, 3.05) is 13.7 Å². The van der Waals surface area contributed by atoms with Gasteiger partial charge in [0.15, 0.2) is 11.5 Å². The minimum Gasteiger partial charge on any atom is -0.497 e. The molecule has 2 aromatic rings. The van der Waals surface area contributed by atoms with Gasteiger partial charge in [0.1, 0.15) is 24.0 Å². The van der Waals surface area contributed by atoms with Crippen molar-refractivity contribution < 1.29 is 37.4 Å². The third kappa shape index (κ3) is 7.31. The molecule has 1 aliphatic carbocycles. The number of aromatic nitrogens is 2. The van der Waals surface area contributed by atoms with Gasteiger partial charge < -0.3 is 24.4 Å². The van der Waals surface area contributed by atoms with Gasteiger partial charge in [0.05, 0.1) is 30.7 Å². The van der Waals surface area contributed by atoms with Crippen LogP contribution < -0.4 is 14.8 Å². The van der Waals surface area contributed by atoms with Crippen LogP contribution in [0, 0.1) is 23.2 Å². The van der Waals surface area contributed by atoms with E-state index in [1.165, 1.54) is 18.9 Å². The second-order valence-corrected chi connectivity index (χ2v) is 14.7. The Morgan fingerprint density at radius 1 is 1.04 bits per heavy atom. The standard InChI is InChI=1S/C35H48F2N4O6/c1-19-11-10-13-22-12-8-9-16-35(36,37)29-31(39-25-17-23(45-7)14-15-24(25)38-29)46-26-18-41(27(20(26)2)21(3)42)32(43)30(34(4,5)6)40-33(44)47-28(19)22/h14-15,17,19-20,22,26-28,30H,8-13,16,18H2,1-7H3,(H,40,44)/t19-,20-,22-,26+,27+,28-,30-/m1/s1. The summed E-state index contributed by atoms with van der Waals surface area (Å²) >= 11 is 0. The molecule has 2 amide bonds. The van der Waals surface area contributed by atoms with Crippen LogP contribution in [0.2, 0.25) is 0 Å². The van der Waals surface area contributed by atoms with Gasteiger partial charge in [-0.05, 0) is 62.0 Å². The number of nitrogens with zero attached hydrogens (tertiary/aromatic N) is 3. The van der Waals surface area contributed by atoms with Crippen LogP contribution >= 0.6 is 0 Å². The topological polar surface area (TPSA) is 120 Å². The van der Waals surface area contributed by atoms with Gasteiger partial charge in [-0.25, -0.2) is 14.8 Å². The number of amides is 2. The summed E-state index contributed by atoms with van der Waals surface area (Å²) in [5, 5.41) is 2.84. The predicted octanol–water partition coefficient (Wildman–Crippen LogP) is 6.43. The number of alkyl carbamates (subject to hydrolysis) is 1. The van der Waals surface area contributed by atoms with E-state index in [4.69, 9.17) is 14.2 Å². The van der Waals surface area contributed by atoms with Gasteiger partial charge in [0, 0.05) is 18.4 Å². The number of hydrogen-bond acceptors (Lipinski definition) is 8. The molecule has 258 valence electrons. The van der Waals surface area contributed by atoms with Gasteiger partial charge in [-0.1, -0.05) is 47.5 Å². The number of benzene rings is 1. The van der Waals surface area contributed by atoms with Crippen molar-refractivity contribution >= 4 is 28.8 Å². The molecular formula is C35H48F2N4O6. The first kappa shape index (κ1) is 34.8. The molecule has 0 unspecified atom stereocenters. The quantitative estimate of drug-likeness (QED) is 0.392. The van der Waals surface area contributed by atoms with Gasteiger partial charge >= 0.3 is 6.09 Å². The Bertz CT molecular complexity index is 1500. The Morgan fingerprint density at radius 3 is 2.45 bits per heavy atom. The number of ether oxygens (including phenoxy) is 3. The largest absolute Gasteiger partial charge is 0.497 e. The Balaban J connectivity index is 1.59. The number of methoxy groups -OCH3 is 1. The molecule has 3 aliphatic rings. The molecular weight excluding hydrogens is 610 g/mol. The van der Waals surface area contributed by atoms with Crippen LogP contribution in [0.1, 0.15) is 92.2 Å². The first-order valence-corrected chi connectivity index (χ1v) is 16.8. The summed E-state index contributed by atoms with van der Waals surface area (Å²) in [5.74, 6) is -4.44. The Morgan fingerprint density at radius 2 is 1.77 bits per heavy atom. The molecule has 2 bridgehead atoms. The fraction of sp³-hybridized carbons (Fsp3) is 0.686. The summed E-state index contributed by atoms with van der Waals surface area (Å²) in [6, 6.07) is 2.89. The molecule has 10 nitrogen and oxygen atoms in total. The van der Waals surface area contributed by atoms with Crippen LogP contribution in [0.3, 0.4) is 0 Å². The molecule has 0 spiro atoms. The second kappa shape index (κ2) is 13.5. The zero-order valence-corrected chi connectivity index (χ0v) is 28.5. The van der Waals surface area contributed by atoms with E-state index in [9.17, 15) is 14.4 Å². The molecule has 47 heavy (non-hydrogen) atoms. The first-order chi connectivity index (χ1) is 22.1. The number of carbonyl (C=O) groups is 3. The zero-order chi connectivity index (χ0) is 34.3. The predicted molar refractivity (Wildman–Crippen MR) is 171 cm³/mol. The van der Waals surface area contributed by atoms with Crippen molar-refractivity contribution in [3.8, 4) is 11.6 Å². The van der Waals surface area contributed by atoms with E-state index in [0.717, 1.165) is 19.3 Å². The number of hydrogen-bond donors (Lipinski definition) is 1. The molecule has 0 radical (unpaired) electrons. The molecule has 1 saturated carbocycles. The van der Waals surface area contributed by atoms with Crippen LogP contribution in [0.5, 0.6) is 11.6 Å². The number of alkyl halides is 2. The average molecular weight is 659 g/mol. The Labute approximate surface area is 275 Å². The third-order valence-electron chi connectivity index (χ3n) is 10.1. The maximum Gasteiger partial charge on any atom is 0.408 e. The highest BCUT2D eigenvalue weighted by Crippen LogP contribution is 2.42. The van der Waals surface area contributed by atoms with E-state index in [1.54, 1.807) is 25.1 Å². The fourth-order valence-corrected chi connectivity index (χ4v) is 7.51. The van der Waals surface area contributed by atoms with Gasteiger partial charge in [-0.15, -0.1) is 0 Å². The number of rotatable bonds is 2. The van der Waals surface area contributed by atoms with Crippen molar-refractivity contribution in [1.29, 1.82) is 0 Å². The molecule has 2 aliphatic heterocycles. The van der Waals surface area contributed by atoms with Crippen molar-refractivity contribution in [2.45, 2.75) is 117 Å². The number of halogens is 2. The van der Waals surface area contributed by atoms with Gasteiger partial charge in [-0.3, -0.25) is 9.59 Å². The first-order valence-electron chi connectivity index (χ1n) is 16.8. The average Bonchev–Trinajstić information content (AvgIpc) is 3.33. The Hall–Kier alpha value is -3.57. The highest BCUT2D eigenvalue weighted by atomic mass is 19.3. The van der Waals surface area contributed by atoms with Crippen LogP contribution in [-0.4, -0.2) is 70.6 Å². The van der Waals surface area contributed by atoms with Crippen molar-refractivity contribution in [3.63, 3.8) is 0 Å². The zero-order valence-electron chi connectivity index (χ0n) is 28.5. The van der Waals surface area contributed by atoms with Crippen molar-refractivity contribution in [2.24, 2.45) is 23.2 Å². The maximum absolute atomic E-state index is 16.1. The molecule has 1 saturated heterocycles.